The lowest BCUT2D eigenvalue weighted by Crippen LogP contribution is -2.20. The van der Waals surface area contributed by atoms with E-state index in [0.717, 1.165) is 12.8 Å². The summed E-state index contributed by atoms with van der Waals surface area (Å²) < 4.78 is 10.5. The molecule has 0 saturated carbocycles. The van der Waals surface area contributed by atoms with Gasteiger partial charge in [-0.2, -0.15) is 0 Å². The van der Waals surface area contributed by atoms with E-state index in [1.807, 2.05) is 0 Å². The molecule has 1 aromatic heterocycles. The van der Waals surface area contributed by atoms with Crippen LogP contribution < -0.4 is 10.9 Å². The summed E-state index contributed by atoms with van der Waals surface area (Å²) in [5, 5.41) is 14.7. The van der Waals surface area contributed by atoms with Crippen LogP contribution in [0.2, 0.25) is 0 Å². The van der Waals surface area contributed by atoms with E-state index >= 15 is 0 Å². The molecular weight excluding hydrogens is 276 g/mol. The molecule has 0 unspecified atom stereocenters. The maximum absolute atomic E-state index is 11.8. The first-order valence-electron chi connectivity index (χ1n) is 6.72. The second-order valence-electron chi connectivity index (χ2n) is 4.88. The molecule has 7 heteroatoms. The van der Waals surface area contributed by atoms with E-state index in [0.29, 0.717) is 24.1 Å². The number of ether oxygens (including phenoxy) is 1. The fourth-order valence-corrected chi connectivity index (χ4v) is 2.51. The van der Waals surface area contributed by atoms with Gasteiger partial charge in [0, 0.05) is 18.5 Å². The maximum atomic E-state index is 11.8. The van der Waals surface area contributed by atoms with Crippen molar-refractivity contribution < 1.29 is 14.1 Å². The van der Waals surface area contributed by atoms with Gasteiger partial charge in [0.1, 0.15) is 11.3 Å². The average Bonchev–Trinajstić information content (AvgIpc) is 2.97. The lowest BCUT2D eigenvalue weighted by molar-refractivity contribution is -0.386. The number of nitrogens with zero attached hydrogens (tertiary/aromatic N) is 1. The molecule has 1 N–H and O–H groups in total. The Kier molecular flexibility index (Phi) is 3.57. The molecule has 1 aliphatic rings. The number of benzene rings is 1. The topological polar surface area (TPSA) is 94.6 Å². The molecule has 7 nitrogen and oxygen atoms in total. The molecule has 0 bridgehead atoms. The molecule has 1 aromatic carbocycles. The predicted octanol–water partition coefficient (Wildman–Crippen LogP) is 2.29. The summed E-state index contributed by atoms with van der Waals surface area (Å²) in [4.78, 5) is 22.3. The summed E-state index contributed by atoms with van der Waals surface area (Å²) in [5.41, 5.74) is -0.995. The second kappa shape index (κ2) is 5.53. The first-order valence-corrected chi connectivity index (χ1v) is 6.72. The van der Waals surface area contributed by atoms with Crippen molar-refractivity contribution in [1.29, 1.82) is 0 Å². The Labute approximate surface area is 119 Å². The molecule has 2 aromatic rings. The number of nitro groups is 1. The van der Waals surface area contributed by atoms with E-state index in [-0.39, 0.29) is 11.8 Å². The Balaban J connectivity index is 2.05. The molecule has 0 aliphatic carbocycles. The van der Waals surface area contributed by atoms with Crippen molar-refractivity contribution in [1.82, 2.24) is 0 Å². The minimum Gasteiger partial charge on any atom is -0.418 e. The molecule has 1 fully saturated rings. The van der Waals surface area contributed by atoms with Crippen molar-refractivity contribution in [2.24, 2.45) is 0 Å². The fourth-order valence-electron chi connectivity index (χ4n) is 2.51. The number of hydrogen-bond acceptors (Lipinski definition) is 6. The number of fused-ring (bicyclic) bond motifs is 1. The van der Waals surface area contributed by atoms with Gasteiger partial charge in [-0.05, 0) is 25.0 Å². The number of rotatable bonds is 4. The molecule has 1 atom stereocenters. The highest BCUT2D eigenvalue weighted by molar-refractivity contribution is 5.94. The largest absolute Gasteiger partial charge is 0.418 e. The summed E-state index contributed by atoms with van der Waals surface area (Å²) in [6.45, 7) is 1.13. The van der Waals surface area contributed by atoms with Gasteiger partial charge in [0.15, 0.2) is 0 Å². The smallest absolute Gasteiger partial charge is 0.417 e. The van der Waals surface area contributed by atoms with Crippen molar-refractivity contribution in [3.63, 3.8) is 0 Å². The van der Waals surface area contributed by atoms with E-state index in [9.17, 15) is 14.9 Å². The van der Waals surface area contributed by atoms with Gasteiger partial charge in [-0.15, -0.1) is 0 Å². The van der Waals surface area contributed by atoms with Crippen LogP contribution in [0.3, 0.4) is 0 Å². The van der Waals surface area contributed by atoms with Crippen LogP contribution in [0.1, 0.15) is 12.8 Å². The standard InChI is InChI=1S/C14H14N2O5/c17-14-13(16(18)19)12(15-8-9-4-3-7-20-9)10-5-1-2-6-11(10)21-14/h1-2,5-6,9,15H,3-4,7-8H2/t9-/m0/s1. The van der Waals surface area contributed by atoms with E-state index in [1.54, 1.807) is 24.3 Å². The molecule has 1 aliphatic heterocycles. The number of hydrogen-bond donors (Lipinski definition) is 1. The fraction of sp³-hybridized carbons (Fsp3) is 0.357. The Morgan fingerprint density at radius 1 is 1.38 bits per heavy atom. The number of anilines is 1. The molecule has 110 valence electrons. The molecule has 0 radical (unpaired) electrons. The quantitative estimate of drug-likeness (QED) is 0.527. The van der Waals surface area contributed by atoms with Gasteiger partial charge >= 0.3 is 11.3 Å². The molecule has 1 saturated heterocycles. The Morgan fingerprint density at radius 3 is 2.90 bits per heavy atom. The third kappa shape index (κ3) is 2.59. The first kappa shape index (κ1) is 13.6. The van der Waals surface area contributed by atoms with Crippen molar-refractivity contribution in [2.45, 2.75) is 18.9 Å². The Morgan fingerprint density at radius 2 is 2.19 bits per heavy atom. The van der Waals surface area contributed by atoms with Crippen LogP contribution in [-0.4, -0.2) is 24.2 Å². The van der Waals surface area contributed by atoms with Crippen LogP contribution in [-0.2, 0) is 4.74 Å². The summed E-state index contributed by atoms with van der Waals surface area (Å²) in [7, 11) is 0. The minimum absolute atomic E-state index is 0.00983. The van der Waals surface area contributed by atoms with Crippen molar-refractivity contribution in [3.8, 4) is 0 Å². The second-order valence-corrected chi connectivity index (χ2v) is 4.88. The van der Waals surface area contributed by atoms with Crippen LogP contribution in [0.5, 0.6) is 0 Å². The third-order valence-electron chi connectivity index (χ3n) is 3.50. The third-order valence-corrected chi connectivity index (χ3v) is 3.50. The van der Waals surface area contributed by atoms with Crippen LogP contribution >= 0.6 is 0 Å². The average molecular weight is 290 g/mol. The van der Waals surface area contributed by atoms with E-state index in [2.05, 4.69) is 5.32 Å². The number of nitrogens with one attached hydrogen (secondary N) is 1. The zero-order valence-corrected chi connectivity index (χ0v) is 11.2. The zero-order chi connectivity index (χ0) is 14.8. The lowest BCUT2D eigenvalue weighted by atomic mass is 10.1. The van der Waals surface area contributed by atoms with Crippen LogP contribution in [0.4, 0.5) is 11.4 Å². The van der Waals surface area contributed by atoms with Crippen LogP contribution in [0.25, 0.3) is 11.0 Å². The monoisotopic (exact) mass is 290 g/mol. The number of para-hydroxylation sites is 1. The molecule has 0 spiro atoms. The van der Waals surface area contributed by atoms with Crippen molar-refractivity contribution >= 4 is 22.3 Å². The summed E-state index contributed by atoms with van der Waals surface area (Å²) >= 11 is 0. The van der Waals surface area contributed by atoms with E-state index < -0.39 is 16.2 Å². The van der Waals surface area contributed by atoms with Gasteiger partial charge in [-0.1, -0.05) is 12.1 Å². The summed E-state index contributed by atoms with van der Waals surface area (Å²) in [5.74, 6) is 0. The Bertz CT molecular complexity index is 734. The predicted molar refractivity (Wildman–Crippen MR) is 76.6 cm³/mol. The van der Waals surface area contributed by atoms with E-state index in [1.165, 1.54) is 0 Å². The van der Waals surface area contributed by atoms with Gasteiger partial charge in [0.25, 0.3) is 0 Å². The Hall–Kier alpha value is -2.41. The highest BCUT2D eigenvalue weighted by Gasteiger charge is 2.25. The maximum Gasteiger partial charge on any atom is 0.417 e. The normalized spacial score (nSPS) is 18.0. The minimum atomic E-state index is -0.950. The van der Waals surface area contributed by atoms with Crippen molar-refractivity contribution in [3.05, 3.63) is 44.8 Å². The van der Waals surface area contributed by atoms with Crippen molar-refractivity contribution in [2.75, 3.05) is 18.5 Å². The highest BCUT2D eigenvalue weighted by Crippen LogP contribution is 2.30. The molecule has 2 heterocycles. The van der Waals surface area contributed by atoms with Gasteiger partial charge in [0.05, 0.1) is 11.0 Å². The van der Waals surface area contributed by atoms with Gasteiger partial charge in [-0.25, -0.2) is 4.79 Å². The van der Waals surface area contributed by atoms with Gasteiger partial charge in [-0.3, -0.25) is 10.1 Å². The molecule has 3 rings (SSSR count). The van der Waals surface area contributed by atoms with Crippen LogP contribution in [0.15, 0.2) is 33.5 Å². The van der Waals surface area contributed by atoms with E-state index in [4.69, 9.17) is 9.15 Å². The summed E-state index contributed by atoms with van der Waals surface area (Å²) in [6.07, 6.45) is 1.89. The zero-order valence-electron chi connectivity index (χ0n) is 11.2. The van der Waals surface area contributed by atoms with Crippen LogP contribution in [0, 0.1) is 10.1 Å². The molecule has 21 heavy (non-hydrogen) atoms. The van der Waals surface area contributed by atoms with Gasteiger partial charge in [0.2, 0.25) is 0 Å². The molecular formula is C14H14N2O5. The first-order chi connectivity index (χ1) is 10.2. The van der Waals surface area contributed by atoms with Gasteiger partial charge < -0.3 is 14.5 Å². The summed E-state index contributed by atoms with van der Waals surface area (Å²) in [6, 6.07) is 6.74. The SMILES string of the molecule is O=c1oc2ccccc2c(NC[C@@H]2CCCO2)c1[N+](=O)[O-]. The lowest BCUT2D eigenvalue weighted by Gasteiger charge is -2.13. The molecule has 0 amide bonds. The highest BCUT2D eigenvalue weighted by atomic mass is 16.6.